The number of amides is 2. The van der Waals surface area contributed by atoms with Gasteiger partial charge in [0.15, 0.2) is 11.6 Å². The normalized spacial score (nSPS) is 24.2. The van der Waals surface area contributed by atoms with Crippen molar-refractivity contribution in [1.82, 2.24) is 4.90 Å². The Labute approximate surface area is 149 Å². The Hall–Kier alpha value is -2.35. The number of benzene rings is 1. The molecule has 140 valence electrons. The lowest BCUT2D eigenvalue weighted by Gasteiger charge is -2.34. The molecule has 0 aliphatic carbocycles. The third-order valence-electron chi connectivity index (χ3n) is 4.80. The van der Waals surface area contributed by atoms with Gasteiger partial charge in [-0.2, -0.15) is 0 Å². The molecular weight excluding hydrogens is 346 g/mol. The molecule has 2 atom stereocenters. The molecule has 26 heavy (non-hydrogen) atoms. The van der Waals surface area contributed by atoms with Crippen molar-refractivity contribution in [2.45, 2.75) is 32.2 Å². The second-order valence-corrected chi connectivity index (χ2v) is 6.47. The average molecular weight is 366 g/mol. The second-order valence-electron chi connectivity index (χ2n) is 6.47. The first-order chi connectivity index (χ1) is 12.4. The number of piperidine rings is 1. The molecule has 2 saturated heterocycles. The Bertz CT molecular complexity index is 740. The van der Waals surface area contributed by atoms with Crippen molar-refractivity contribution in [2.24, 2.45) is 5.92 Å². The van der Waals surface area contributed by atoms with E-state index in [0.717, 1.165) is 17.0 Å². The maximum absolute atomic E-state index is 13.5. The van der Waals surface area contributed by atoms with Crippen LogP contribution in [0.3, 0.4) is 0 Å². The van der Waals surface area contributed by atoms with Crippen molar-refractivity contribution in [2.75, 3.05) is 24.6 Å². The molecule has 1 aromatic carbocycles. The number of rotatable bonds is 4. The molecule has 6 nitrogen and oxygen atoms in total. The highest BCUT2D eigenvalue weighted by atomic mass is 19.2. The zero-order valence-electron chi connectivity index (χ0n) is 14.4. The van der Waals surface area contributed by atoms with Crippen LogP contribution >= 0.6 is 0 Å². The minimum Gasteiger partial charge on any atom is -0.466 e. The summed E-state index contributed by atoms with van der Waals surface area (Å²) >= 11 is 0. The third-order valence-corrected chi connectivity index (χ3v) is 4.80. The van der Waals surface area contributed by atoms with Gasteiger partial charge in [0.05, 0.1) is 30.7 Å². The van der Waals surface area contributed by atoms with E-state index < -0.39 is 29.5 Å². The van der Waals surface area contributed by atoms with Crippen molar-refractivity contribution < 1.29 is 27.9 Å². The first-order valence-electron chi connectivity index (χ1n) is 8.65. The number of esters is 1. The number of carbonyl (C=O) groups is 3. The molecule has 0 radical (unpaired) electrons. The summed E-state index contributed by atoms with van der Waals surface area (Å²) in [5.74, 6) is -3.74. The van der Waals surface area contributed by atoms with Crippen molar-refractivity contribution >= 4 is 23.5 Å². The zero-order valence-corrected chi connectivity index (χ0v) is 14.4. The Kier molecular flexibility index (Phi) is 5.31. The summed E-state index contributed by atoms with van der Waals surface area (Å²) in [5.41, 5.74) is 0.0142. The predicted molar refractivity (Wildman–Crippen MR) is 88.2 cm³/mol. The van der Waals surface area contributed by atoms with Gasteiger partial charge < -0.3 is 4.74 Å². The zero-order chi connectivity index (χ0) is 18.8. The quantitative estimate of drug-likeness (QED) is 0.601. The van der Waals surface area contributed by atoms with Gasteiger partial charge in [-0.05, 0) is 38.4 Å². The lowest BCUT2D eigenvalue weighted by molar-refractivity contribution is -0.150. The summed E-state index contributed by atoms with van der Waals surface area (Å²) in [6.45, 7) is 2.96. The van der Waals surface area contributed by atoms with Crippen LogP contribution in [0.1, 0.15) is 26.2 Å². The van der Waals surface area contributed by atoms with Crippen molar-refractivity contribution in [1.29, 1.82) is 0 Å². The van der Waals surface area contributed by atoms with Gasteiger partial charge in [-0.3, -0.25) is 19.3 Å². The van der Waals surface area contributed by atoms with Crippen molar-refractivity contribution in [3.63, 3.8) is 0 Å². The van der Waals surface area contributed by atoms with E-state index in [1.807, 2.05) is 4.90 Å². The number of ether oxygens (including phenoxy) is 1. The van der Waals surface area contributed by atoms with E-state index in [9.17, 15) is 23.2 Å². The molecule has 0 N–H and O–H groups in total. The summed E-state index contributed by atoms with van der Waals surface area (Å²) in [6, 6.07) is 2.23. The fourth-order valence-electron chi connectivity index (χ4n) is 3.54. The fraction of sp³-hybridized carbons (Fsp3) is 0.500. The van der Waals surface area contributed by atoms with Crippen molar-refractivity contribution in [3.8, 4) is 0 Å². The molecule has 2 amide bonds. The maximum Gasteiger partial charge on any atom is 0.310 e. The molecule has 0 spiro atoms. The molecule has 0 aromatic heterocycles. The second kappa shape index (κ2) is 7.49. The molecular formula is C18H20F2N2O4. The molecule has 8 heteroatoms. The number of carbonyl (C=O) groups excluding carboxylic acids is 3. The highest BCUT2D eigenvalue weighted by Gasteiger charge is 2.44. The summed E-state index contributed by atoms with van der Waals surface area (Å²) < 4.78 is 31.6. The van der Waals surface area contributed by atoms with Gasteiger partial charge in [0, 0.05) is 12.6 Å². The number of hydrogen-bond donors (Lipinski definition) is 0. The Balaban J connectivity index is 1.75. The van der Waals surface area contributed by atoms with Gasteiger partial charge in [0.25, 0.3) is 5.91 Å². The largest absolute Gasteiger partial charge is 0.466 e. The van der Waals surface area contributed by atoms with E-state index in [2.05, 4.69) is 0 Å². The Morgan fingerprint density at radius 1 is 1.27 bits per heavy atom. The summed E-state index contributed by atoms with van der Waals surface area (Å²) in [5, 5.41) is 0. The summed E-state index contributed by atoms with van der Waals surface area (Å²) in [6.07, 6.45) is 1.34. The molecule has 2 heterocycles. The van der Waals surface area contributed by atoms with Crippen LogP contribution < -0.4 is 4.90 Å². The minimum absolute atomic E-state index is 0.0142. The lowest BCUT2D eigenvalue weighted by Crippen LogP contribution is -2.48. The number of nitrogens with zero attached hydrogens (tertiary/aromatic N) is 2. The highest BCUT2D eigenvalue weighted by molar-refractivity contribution is 6.22. The Morgan fingerprint density at radius 3 is 2.73 bits per heavy atom. The average Bonchev–Trinajstić information content (AvgIpc) is 2.92. The van der Waals surface area contributed by atoms with E-state index in [1.54, 1.807) is 6.92 Å². The van der Waals surface area contributed by atoms with E-state index in [4.69, 9.17) is 4.74 Å². The molecule has 0 saturated carbocycles. The van der Waals surface area contributed by atoms with E-state index >= 15 is 0 Å². The SMILES string of the molecule is CCOC(=O)[C@@H]1CCCN([C@@H]2CC(=O)N(c3ccc(F)c(F)c3)C2=O)C1. The van der Waals surface area contributed by atoms with Crippen LogP contribution in [0.4, 0.5) is 14.5 Å². The molecule has 2 fully saturated rings. The molecule has 2 aliphatic rings. The maximum atomic E-state index is 13.5. The third kappa shape index (κ3) is 3.46. The van der Waals surface area contributed by atoms with Crippen LogP contribution in [0.5, 0.6) is 0 Å². The van der Waals surface area contributed by atoms with Crippen LogP contribution in [-0.4, -0.2) is 48.4 Å². The predicted octanol–water partition coefficient (Wildman–Crippen LogP) is 1.87. The molecule has 2 aliphatic heterocycles. The van der Waals surface area contributed by atoms with Crippen LogP contribution in [-0.2, 0) is 19.1 Å². The number of likely N-dealkylation sites (tertiary alicyclic amines) is 1. The fourth-order valence-corrected chi connectivity index (χ4v) is 3.54. The van der Waals surface area contributed by atoms with Gasteiger partial charge in [-0.1, -0.05) is 0 Å². The van der Waals surface area contributed by atoms with Gasteiger partial charge in [-0.25, -0.2) is 13.7 Å². The molecule has 3 rings (SSSR count). The van der Waals surface area contributed by atoms with Gasteiger partial charge >= 0.3 is 5.97 Å². The first kappa shape index (κ1) is 18.4. The van der Waals surface area contributed by atoms with Crippen LogP contribution in [0.25, 0.3) is 0 Å². The van der Waals surface area contributed by atoms with E-state index in [-0.39, 0.29) is 24.0 Å². The van der Waals surface area contributed by atoms with Crippen molar-refractivity contribution in [3.05, 3.63) is 29.8 Å². The van der Waals surface area contributed by atoms with Gasteiger partial charge in [-0.15, -0.1) is 0 Å². The topological polar surface area (TPSA) is 66.9 Å². The lowest BCUT2D eigenvalue weighted by atomic mass is 9.96. The summed E-state index contributed by atoms with van der Waals surface area (Å²) in [7, 11) is 0. The standard InChI is InChI=1S/C18H20F2N2O4/c1-2-26-18(25)11-4-3-7-21(10-11)15-9-16(23)22(17(15)24)12-5-6-13(19)14(20)8-12/h5-6,8,11,15H,2-4,7,9-10H2,1H3/t11-,15-/m1/s1. The monoisotopic (exact) mass is 366 g/mol. The summed E-state index contributed by atoms with van der Waals surface area (Å²) in [4.78, 5) is 39.7. The molecule has 1 aromatic rings. The van der Waals surface area contributed by atoms with Crippen LogP contribution in [0.15, 0.2) is 18.2 Å². The highest BCUT2D eigenvalue weighted by Crippen LogP contribution is 2.29. The Morgan fingerprint density at radius 2 is 2.04 bits per heavy atom. The van der Waals surface area contributed by atoms with Gasteiger partial charge in [0.1, 0.15) is 0 Å². The van der Waals surface area contributed by atoms with Crippen LogP contribution in [0.2, 0.25) is 0 Å². The van der Waals surface area contributed by atoms with E-state index in [1.165, 1.54) is 6.07 Å². The molecule has 0 unspecified atom stereocenters. The van der Waals surface area contributed by atoms with Gasteiger partial charge in [0.2, 0.25) is 5.91 Å². The van der Waals surface area contributed by atoms with E-state index in [0.29, 0.717) is 32.5 Å². The first-order valence-corrected chi connectivity index (χ1v) is 8.65. The number of imide groups is 1. The molecule has 0 bridgehead atoms. The number of halogens is 2. The number of hydrogen-bond acceptors (Lipinski definition) is 5. The smallest absolute Gasteiger partial charge is 0.310 e. The minimum atomic E-state index is -1.12. The van der Waals surface area contributed by atoms with Crippen LogP contribution in [0, 0.1) is 17.6 Å². The number of anilines is 1.